The summed E-state index contributed by atoms with van der Waals surface area (Å²) in [7, 11) is 0. The highest BCUT2D eigenvalue weighted by atomic mass is 79.9. The van der Waals surface area contributed by atoms with Gasteiger partial charge in [-0.15, -0.1) is 0 Å². The van der Waals surface area contributed by atoms with Crippen LogP contribution in [0.1, 0.15) is 11.6 Å². The van der Waals surface area contributed by atoms with Gasteiger partial charge in [-0.2, -0.15) is 13.2 Å². The molecule has 1 aromatic rings. The molecule has 0 aliphatic rings. The fraction of sp³-hybridized carbons (Fsp3) is 0.286. The number of hydrogen-bond acceptors (Lipinski definition) is 2. The van der Waals surface area contributed by atoms with Crippen molar-refractivity contribution in [2.75, 3.05) is 0 Å². The number of rotatable bonds is 1. The van der Waals surface area contributed by atoms with Gasteiger partial charge >= 0.3 is 6.18 Å². The average molecular weight is 255 g/mol. The van der Waals surface area contributed by atoms with Crippen LogP contribution in [0.15, 0.2) is 22.9 Å². The molecule has 1 aromatic heterocycles. The van der Waals surface area contributed by atoms with Crippen LogP contribution in [0.5, 0.6) is 0 Å². The molecule has 0 aromatic carbocycles. The van der Waals surface area contributed by atoms with E-state index in [1.807, 2.05) is 0 Å². The number of hydrogen-bond donors (Lipinski definition) is 1. The van der Waals surface area contributed by atoms with Crippen molar-refractivity contribution in [3.63, 3.8) is 0 Å². The van der Waals surface area contributed by atoms with Crippen molar-refractivity contribution < 1.29 is 13.2 Å². The first-order chi connectivity index (χ1) is 5.91. The molecular weight excluding hydrogens is 249 g/mol. The Labute approximate surface area is 81.1 Å². The summed E-state index contributed by atoms with van der Waals surface area (Å²) in [6.45, 7) is 0. The quantitative estimate of drug-likeness (QED) is 0.836. The number of pyridine rings is 1. The number of aromatic nitrogens is 1. The minimum absolute atomic E-state index is 0.0538. The Kier molecular flexibility index (Phi) is 2.92. The van der Waals surface area contributed by atoms with Crippen LogP contribution in [-0.2, 0) is 0 Å². The van der Waals surface area contributed by atoms with Gasteiger partial charge in [-0.3, -0.25) is 4.98 Å². The second-order valence-electron chi connectivity index (χ2n) is 2.46. The molecule has 0 fully saturated rings. The Balaban J connectivity index is 2.96. The number of nitrogens with zero attached hydrogens (tertiary/aromatic N) is 1. The average Bonchev–Trinajstić information content (AvgIpc) is 2.01. The first-order valence-electron chi connectivity index (χ1n) is 3.34. The SMILES string of the molecule is N[C@@H](c1cncc(Br)c1)C(F)(F)F. The standard InChI is InChI=1S/C7H6BrF3N2/c8-5-1-4(2-13-3-5)6(12)7(9,10)11/h1-3,6H,12H2/t6-/m0/s1. The Morgan fingerprint density at radius 1 is 1.38 bits per heavy atom. The van der Waals surface area contributed by atoms with Gasteiger partial charge in [0.25, 0.3) is 0 Å². The van der Waals surface area contributed by atoms with Gasteiger partial charge in [-0.25, -0.2) is 0 Å². The van der Waals surface area contributed by atoms with Crippen LogP contribution in [-0.4, -0.2) is 11.2 Å². The molecule has 2 N–H and O–H groups in total. The molecular formula is C7H6BrF3N2. The molecule has 0 amide bonds. The minimum Gasteiger partial charge on any atom is -0.316 e. The van der Waals surface area contributed by atoms with E-state index in [9.17, 15) is 13.2 Å². The van der Waals surface area contributed by atoms with Crippen molar-refractivity contribution in [3.8, 4) is 0 Å². The fourth-order valence-corrected chi connectivity index (χ4v) is 1.17. The third-order valence-corrected chi connectivity index (χ3v) is 1.87. The van der Waals surface area contributed by atoms with Crippen LogP contribution in [0.3, 0.4) is 0 Å². The summed E-state index contributed by atoms with van der Waals surface area (Å²) < 4.78 is 36.8. The lowest BCUT2D eigenvalue weighted by Crippen LogP contribution is -2.28. The topological polar surface area (TPSA) is 38.9 Å². The Morgan fingerprint density at radius 3 is 2.46 bits per heavy atom. The predicted octanol–water partition coefficient (Wildman–Crippen LogP) is 2.41. The molecule has 0 radical (unpaired) electrons. The summed E-state index contributed by atoms with van der Waals surface area (Å²) in [5.74, 6) is 0. The van der Waals surface area contributed by atoms with Gasteiger partial charge in [0, 0.05) is 16.9 Å². The highest BCUT2D eigenvalue weighted by Crippen LogP contribution is 2.30. The molecule has 0 saturated heterocycles. The molecule has 1 heterocycles. The van der Waals surface area contributed by atoms with Crippen LogP contribution >= 0.6 is 15.9 Å². The van der Waals surface area contributed by atoms with Crippen LogP contribution < -0.4 is 5.73 Å². The van der Waals surface area contributed by atoms with Gasteiger partial charge in [0.15, 0.2) is 0 Å². The van der Waals surface area contributed by atoms with Crippen molar-refractivity contribution in [1.29, 1.82) is 0 Å². The summed E-state index contributed by atoms with van der Waals surface area (Å²) in [6, 6.07) is -0.678. The van der Waals surface area contributed by atoms with Gasteiger partial charge in [-0.1, -0.05) is 0 Å². The smallest absolute Gasteiger partial charge is 0.316 e. The summed E-state index contributed by atoms with van der Waals surface area (Å²) in [4.78, 5) is 3.59. The molecule has 6 heteroatoms. The minimum atomic E-state index is -4.43. The molecule has 0 saturated carbocycles. The molecule has 2 nitrogen and oxygen atoms in total. The van der Waals surface area contributed by atoms with Crippen LogP contribution in [0.25, 0.3) is 0 Å². The molecule has 1 atom stereocenters. The second-order valence-corrected chi connectivity index (χ2v) is 3.37. The maximum atomic E-state index is 12.1. The molecule has 0 spiro atoms. The van der Waals surface area contributed by atoms with Gasteiger partial charge < -0.3 is 5.73 Å². The van der Waals surface area contributed by atoms with Crippen molar-refractivity contribution >= 4 is 15.9 Å². The summed E-state index contributed by atoms with van der Waals surface area (Å²) in [5, 5.41) is 0. The highest BCUT2D eigenvalue weighted by molar-refractivity contribution is 9.10. The predicted molar refractivity (Wildman–Crippen MR) is 44.9 cm³/mol. The molecule has 1 rings (SSSR count). The van der Waals surface area contributed by atoms with E-state index in [-0.39, 0.29) is 5.56 Å². The lowest BCUT2D eigenvalue weighted by Gasteiger charge is -2.15. The molecule has 0 unspecified atom stereocenters. The number of halogens is 4. The van der Waals surface area contributed by atoms with Crippen molar-refractivity contribution in [1.82, 2.24) is 4.98 Å². The van der Waals surface area contributed by atoms with Crippen LogP contribution in [0, 0.1) is 0 Å². The molecule has 0 bridgehead atoms. The van der Waals surface area contributed by atoms with Gasteiger partial charge in [0.1, 0.15) is 6.04 Å². The van der Waals surface area contributed by atoms with E-state index in [1.54, 1.807) is 0 Å². The Hall–Kier alpha value is -0.620. The van der Waals surface area contributed by atoms with Crippen LogP contribution in [0.2, 0.25) is 0 Å². The van der Waals surface area contributed by atoms with Crippen LogP contribution in [0.4, 0.5) is 13.2 Å². The summed E-state index contributed by atoms with van der Waals surface area (Å²) >= 11 is 3.01. The van der Waals surface area contributed by atoms with Gasteiger partial charge in [-0.05, 0) is 27.6 Å². The van der Waals surface area contributed by atoms with Gasteiger partial charge in [0.2, 0.25) is 0 Å². The molecule has 0 aliphatic heterocycles. The third-order valence-electron chi connectivity index (χ3n) is 1.44. The van der Waals surface area contributed by atoms with Crippen molar-refractivity contribution in [3.05, 3.63) is 28.5 Å². The zero-order chi connectivity index (χ0) is 10.1. The molecule has 72 valence electrons. The molecule has 13 heavy (non-hydrogen) atoms. The first-order valence-corrected chi connectivity index (χ1v) is 4.13. The van der Waals surface area contributed by atoms with E-state index in [1.165, 1.54) is 12.3 Å². The zero-order valence-corrected chi connectivity index (χ0v) is 7.93. The number of nitrogens with two attached hydrogens (primary N) is 1. The fourth-order valence-electron chi connectivity index (χ4n) is 0.787. The summed E-state index contributed by atoms with van der Waals surface area (Å²) in [6.07, 6.45) is -1.93. The van der Waals surface area contributed by atoms with E-state index >= 15 is 0 Å². The van der Waals surface area contributed by atoms with Crippen molar-refractivity contribution in [2.45, 2.75) is 12.2 Å². The zero-order valence-electron chi connectivity index (χ0n) is 6.35. The Bertz CT molecular complexity index is 300. The van der Waals surface area contributed by atoms with Gasteiger partial charge in [0.05, 0.1) is 0 Å². The van der Waals surface area contributed by atoms with E-state index in [2.05, 4.69) is 20.9 Å². The normalized spacial score (nSPS) is 14.2. The van der Waals surface area contributed by atoms with E-state index in [0.29, 0.717) is 4.47 Å². The summed E-state index contributed by atoms with van der Waals surface area (Å²) in [5.41, 5.74) is 4.90. The van der Waals surface area contributed by atoms with E-state index < -0.39 is 12.2 Å². The maximum Gasteiger partial charge on any atom is 0.407 e. The maximum absolute atomic E-state index is 12.1. The van der Waals surface area contributed by atoms with E-state index in [0.717, 1.165) is 6.20 Å². The Morgan fingerprint density at radius 2 is 2.00 bits per heavy atom. The van der Waals surface area contributed by atoms with Crippen molar-refractivity contribution in [2.24, 2.45) is 5.73 Å². The molecule has 0 aliphatic carbocycles. The second kappa shape index (κ2) is 3.63. The lowest BCUT2D eigenvalue weighted by atomic mass is 10.1. The third kappa shape index (κ3) is 2.67. The van der Waals surface area contributed by atoms with E-state index in [4.69, 9.17) is 5.73 Å². The lowest BCUT2D eigenvalue weighted by molar-refractivity contribution is -0.149. The largest absolute Gasteiger partial charge is 0.407 e. The highest BCUT2D eigenvalue weighted by Gasteiger charge is 2.37. The number of alkyl halides is 3. The monoisotopic (exact) mass is 254 g/mol. The first kappa shape index (κ1) is 10.5.